The molecule has 4 heteroatoms. The largest absolute Gasteiger partial charge is 0.346 e. The third-order valence-corrected chi connectivity index (χ3v) is 1.99. The molecule has 0 saturated carbocycles. The lowest BCUT2D eigenvalue weighted by Crippen LogP contribution is -2.35. The van der Waals surface area contributed by atoms with Gasteiger partial charge in [0.05, 0.1) is 6.04 Å². The molecule has 0 aromatic carbocycles. The zero-order valence-electron chi connectivity index (χ0n) is 7.01. The fraction of sp³-hybridized carbons (Fsp3) is 0.714. The predicted octanol–water partition coefficient (Wildman–Crippen LogP) is 0.791. The van der Waals surface area contributed by atoms with Gasteiger partial charge in [-0.25, -0.2) is 0 Å². The van der Waals surface area contributed by atoms with Crippen molar-refractivity contribution >= 4 is 22.8 Å². The van der Waals surface area contributed by atoms with Crippen LogP contribution in [0.3, 0.4) is 0 Å². The van der Waals surface area contributed by atoms with E-state index in [0.29, 0.717) is 0 Å². The molecule has 0 aliphatic carbocycles. The highest BCUT2D eigenvalue weighted by Crippen LogP contribution is 2.03. The molecule has 0 fully saturated rings. The van der Waals surface area contributed by atoms with Crippen LogP contribution in [0.5, 0.6) is 0 Å². The van der Waals surface area contributed by atoms with Crippen molar-refractivity contribution < 1.29 is 9.59 Å². The van der Waals surface area contributed by atoms with Crippen LogP contribution in [0.25, 0.3) is 0 Å². The van der Waals surface area contributed by atoms with E-state index in [1.165, 1.54) is 18.7 Å². The molecule has 1 amide bonds. The third-order valence-electron chi connectivity index (χ3n) is 1.06. The summed E-state index contributed by atoms with van der Waals surface area (Å²) in [4.78, 5) is 21.5. The maximum atomic E-state index is 11.0. The van der Waals surface area contributed by atoms with Gasteiger partial charge in [0.15, 0.2) is 0 Å². The molecular weight excluding hydrogens is 162 g/mol. The Labute approximate surface area is 70.9 Å². The number of amides is 1. The fourth-order valence-electron chi connectivity index (χ4n) is 0.631. The second kappa shape index (κ2) is 5.18. The fourth-order valence-corrected chi connectivity index (χ4v) is 1.22. The quantitative estimate of drug-likeness (QED) is 0.690. The lowest BCUT2D eigenvalue weighted by atomic mass is 10.4. The van der Waals surface area contributed by atoms with Gasteiger partial charge < -0.3 is 5.32 Å². The second-order valence-electron chi connectivity index (χ2n) is 2.17. The Bertz CT molecular complexity index is 159. The van der Waals surface area contributed by atoms with E-state index < -0.39 is 0 Å². The summed E-state index contributed by atoms with van der Waals surface area (Å²) in [5, 5.41) is 2.53. The Hall–Kier alpha value is -0.510. The number of carbonyl (C=O) groups excluding carboxylic acids is 2. The SMILES string of the molecule is CCSC(=O)[C@@H](C)NC(C)=O. The summed E-state index contributed by atoms with van der Waals surface area (Å²) in [5.74, 6) is 0.588. The van der Waals surface area contributed by atoms with Gasteiger partial charge in [-0.1, -0.05) is 18.7 Å². The van der Waals surface area contributed by atoms with Crippen molar-refractivity contribution in [3.8, 4) is 0 Å². The number of rotatable bonds is 3. The average molecular weight is 175 g/mol. The first kappa shape index (κ1) is 10.5. The summed E-state index contributed by atoms with van der Waals surface area (Å²) in [6.07, 6.45) is 0. The summed E-state index contributed by atoms with van der Waals surface area (Å²) < 4.78 is 0. The molecule has 0 bridgehead atoms. The van der Waals surface area contributed by atoms with Crippen molar-refractivity contribution in [2.24, 2.45) is 0 Å². The molecule has 1 N–H and O–H groups in total. The van der Waals surface area contributed by atoms with Crippen molar-refractivity contribution in [1.29, 1.82) is 0 Å². The van der Waals surface area contributed by atoms with E-state index in [-0.39, 0.29) is 17.1 Å². The predicted molar refractivity (Wildman–Crippen MR) is 46.4 cm³/mol. The van der Waals surface area contributed by atoms with Gasteiger partial charge in [0, 0.05) is 6.92 Å². The summed E-state index contributed by atoms with van der Waals surface area (Å²) >= 11 is 1.23. The molecule has 0 unspecified atom stereocenters. The van der Waals surface area contributed by atoms with Crippen LogP contribution in [0, 0.1) is 0 Å². The van der Waals surface area contributed by atoms with Crippen LogP contribution < -0.4 is 5.32 Å². The van der Waals surface area contributed by atoms with Gasteiger partial charge >= 0.3 is 0 Å². The zero-order chi connectivity index (χ0) is 8.85. The summed E-state index contributed by atoms with van der Waals surface area (Å²) in [7, 11) is 0. The minimum absolute atomic E-state index is 0.0164. The molecule has 0 saturated heterocycles. The zero-order valence-corrected chi connectivity index (χ0v) is 7.83. The Balaban J connectivity index is 3.73. The van der Waals surface area contributed by atoms with Crippen LogP contribution in [-0.4, -0.2) is 22.8 Å². The molecule has 64 valence electrons. The normalized spacial score (nSPS) is 12.3. The minimum Gasteiger partial charge on any atom is -0.346 e. The molecule has 0 aliphatic heterocycles. The van der Waals surface area contributed by atoms with Crippen molar-refractivity contribution in [1.82, 2.24) is 5.32 Å². The van der Waals surface area contributed by atoms with Crippen LogP contribution in [0.2, 0.25) is 0 Å². The van der Waals surface area contributed by atoms with Crippen molar-refractivity contribution in [3.63, 3.8) is 0 Å². The minimum atomic E-state index is -0.363. The molecule has 0 spiro atoms. The van der Waals surface area contributed by atoms with Gasteiger partial charge in [0.25, 0.3) is 0 Å². The molecule has 3 nitrogen and oxygen atoms in total. The maximum Gasteiger partial charge on any atom is 0.217 e. The average Bonchev–Trinajstić information content (AvgIpc) is 1.86. The molecule has 0 radical (unpaired) electrons. The maximum absolute atomic E-state index is 11.0. The van der Waals surface area contributed by atoms with Crippen LogP contribution in [0.15, 0.2) is 0 Å². The summed E-state index contributed by atoms with van der Waals surface area (Å²) in [5.41, 5.74) is 0. The first-order chi connectivity index (χ1) is 5.07. The van der Waals surface area contributed by atoms with E-state index in [0.717, 1.165) is 5.75 Å². The van der Waals surface area contributed by atoms with Crippen LogP contribution >= 0.6 is 11.8 Å². The molecule has 11 heavy (non-hydrogen) atoms. The van der Waals surface area contributed by atoms with E-state index in [1.807, 2.05) is 6.92 Å². The standard InChI is InChI=1S/C7H13NO2S/c1-4-11-7(10)5(2)8-6(3)9/h5H,4H2,1-3H3,(H,8,9)/t5-/m1/s1. The molecule has 0 heterocycles. The summed E-state index contributed by atoms with van der Waals surface area (Å²) in [6.45, 7) is 5.00. The van der Waals surface area contributed by atoms with E-state index in [1.54, 1.807) is 6.92 Å². The van der Waals surface area contributed by atoms with Gasteiger partial charge in [-0.3, -0.25) is 9.59 Å². The summed E-state index contributed by atoms with van der Waals surface area (Å²) in [6, 6.07) is -0.363. The second-order valence-corrected chi connectivity index (χ2v) is 3.44. The lowest BCUT2D eigenvalue weighted by Gasteiger charge is -2.08. The molecule has 0 aromatic heterocycles. The highest BCUT2D eigenvalue weighted by atomic mass is 32.2. The van der Waals surface area contributed by atoms with Crippen LogP contribution in [0.1, 0.15) is 20.8 Å². The van der Waals surface area contributed by atoms with Crippen molar-refractivity contribution in [2.75, 3.05) is 5.75 Å². The molecule has 0 aromatic rings. The van der Waals surface area contributed by atoms with E-state index >= 15 is 0 Å². The number of nitrogens with one attached hydrogen (secondary N) is 1. The third kappa shape index (κ3) is 4.84. The Morgan fingerprint density at radius 1 is 1.55 bits per heavy atom. The van der Waals surface area contributed by atoms with Gasteiger partial charge in [0.2, 0.25) is 11.0 Å². The number of hydrogen-bond donors (Lipinski definition) is 1. The number of carbonyl (C=O) groups is 2. The Morgan fingerprint density at radius 3 is 2.45 bits per heavy atom. The number of thioether (sulfide) groups is 1. The Morgan fingerprint density at radius 2 is 2.09 bits per heavy atom. The van der Waals surface area contributed by atoms with Crippen LogP contribution in [-0.2, 0) is 9.59 Å². The number of hydrogen-bond acceptors (Lipinski definition) is 3. The first-order valence-electron chi connectivity index (χ1n) is 3.51. The van der Waals surface area contributed by atoms with Gasteiger partial charge in [-0.2, -0.15) is 0 Å². The monoisotopic (exact) mass is 175 g/mol. The van der Waals surface area contributed by atoms with Crippen molar-refractivity contribution in [3.05, 3.63) is 0 Å². The lowest BCUT2D eigenvalue weighted by molar-refractivity contribution is -0.122. The van der Waals surface area contributed by atoms with Crippen molar-refractivity contribution in [2.45, 2.75) is 26.8 Å². The van der Waals surface area contributed by atoms with E-state index in [9.17, 15) is 9.59 Å². The highest BCUT2D eigenvalue weighted by molar-refractivity contribution is 8.13. The van der Waals surface area contributed by atoms with Crippen LogP contribution in [0.4, 0.5) is 0 Å². The van der Waals surface area contributed by atoms with E-state index in [2.05, 4.69) is 5.32 Å². The molecule has 0 aliphatic rings. The first-order valence-corrected chi connectivity index (χ1v) is 4.50. The van der Waals surface area contributed by atoms with Gasteiger partial charge in [-0.05, 0) is 12.7 Å². The van der Waals surface area contributed by atoms with E-state index in [4.69, 9.17) is 0 Å². The smallest absolute Gasteiger partial charge is 0.217 e. The highest BCUT2D eigenvalue weighted by Gasteiger charge is 2.12. The molecular formula is C7H13NO2S. The van der Waals surface area contributed by atoms with Gasteiger partial charge in [0.1, 0.15) is 0 Å². The topological polar surface area (TPSA) is 46.2 Å². The molecule has 0 rings (SSSR count). The molecule has 1 atom stereocenters. The Kier molecular flexibility index (Phi) is 4.94. The van der Waals surface area contributed by atoms with Gasteiger partial charge in [-0.15, -0.1) is 0 Å².